The maximum absolute atomic E-state index is 5.95. The Labute approximate surface area is 107 Å². The molecule has 4 unspecified atom stereocenters. The quantitative estimate of drug-likeness (QED) is 0.474. The second-order valence-corrected chi connectivity index (χ2v) is 6.41. The maximum Gasteiger partial charge on any atom is 0.113 e. The van der Waals surface area contributed by atoms with E-state index in [-0.39, 0.29) is 5.60 Å². The Morgan fingerprint density at radius 2 is 1.76 bits per heavy atom. The van der Waals surface area contributed by atoms with E-state index in [2.05, 4.69) is 26.5 Å². The first-order valence-electron chi connectivity index (χ1n) is 7.47. The minimum absolute atomic E-state index is 0.0539. The summed E-state index contributed by atoms with van der Waals surface area (Å²) in [5.41, 5.74) is 0.0539. The van der Waals surface area contributed by atoms with Crippen LogP contribution < -0.4 is 0 Å². The monoisotopic (exact) mass is 236 g/mol. The van der Waals surface area contributed by atoms with Crippen molar-refractivity contribution in [1.82, 2.24) is 0 Å². The highest BCUT2D eigenvalue weighted by molar-refractivity contribution is 5.14. The molecule has 1 heteroatoms. The standard InChI is InChI=1S/C16H28O/c1-4-16-12-14(3)11-13(2)9-7-5-6-8-10-15(16)17-16/h4,13-15H,1,5-12H2,2-3H3. The van der Waals surface area contributed by atoms with Gasteiger partial charge in [-0.3, -0.25) is 0 Å². The Hall–Kier alpha value is -0.300. The van der Waals surface area contributed by atoms with E-state index in [9.17, 15) is 0 Å². The largest absolute Gasteiger partial charge is 0.362 e. The van der Waals surface area contributed by atoms with Gasteiger partial charge in [0.05, 0.1) is 6.10 Å². The summed E-state index contributed by atoms with van der Waals surface area (Å²) in [5.74, 6) is 1.65. The molecular formula is C16H28O. The summed E-state index contributed by atoms with van der Waals surface area (Å²) in [6, 6.07) is 0. The number of hydrogen-bond acceptors (Lipinski definition) is 1. The lowest BCUT2D eigenvalue weighted by Gasteiger charge is -2.20. The Kier molecular flexibility index (Phi) is 4.30. The van der Waals surface area contributed by atoms with Gasteiger partial charge in [0.25, 0.3) is 0 Å². The van der Waals surface area contributed by atoms with Crippen molar-refractivity contribution < 1.29 is 4.74 Å². The zero-order valence-corrected chi connectivity index (χ0v) is 11.6. The van der Waals surface area contributed by atoms with Crippen molar-refractivity contribution >= 4 is 0 Å². The van der Waals surface area contributed by atoms with Gasteiger partial charge in [-0.25, -0.2) is 0 Å². The topological polar surface area (TPSA) is 12.5 Å². The molecule has 0 aromatic carbocycles. The van der Waals surface area contributed by atoms with Crippen LogP contribution in [0.15, 0.2) is 12.7 Å². The third-order valence-corrected chi connectivity index (χ3v) is 4.58. The minimum atomic E-state index is 0.0539. The number of rotatable bonds is 1. The Morgan fingerprint density at radius 3 is 2.47 bits per heavy atom. The number of epoxide rings is 1. The highest BCUT2D eigenvalue weighted by Crippen LogP contribution is 2.46. The molecule has 1 aliphatic carbocycles. The molecule has 2 rings (SSSR count). The Morgan fingerprint density at radius 1 is 1.06 bits per heavy atom. The molecule has 0 amide bonds. The Balaban J connectivity index is 1.93. The number of hydrogen-bond donors (Lipinski definition) is 0. The summed E-state index contributed by atoms with van der Waals surface area (Å²) in [5, 5.41) is 0. The van der Waals surface area contributed by atoms with E-state index in [0.29, 0.717) is 6.10 Å². The third kappa shape index (κ3) is 3.34. The van der Waals surface area contributed by atoms with E-state index in [1.165, 1.54) is 51.4 Å². The van der Waals surface area contributed by atoms with Crippen molar-refractivity contribution in [3.05, 3.63) is 12.7 Å². The van der Waals surface area contributed by atoms with E-state index < -0.39 is 0 Å². The van der Waals surface area contributed by atoms with Gasteiger partial charge in [0.15, 0.2) is 0 Å². The number of fused-ring (bicyclic) bond motifs is 1. The summed E-state index contributed by atoms with van der Waals surface area (Å²) in [6.45, 7) is 8.79. The molecule has 2 aliphatic rings. The van der Waals surface area contributed by atoms with E-state index >= 15 is 0 Å². The van der Waals surface area contributed by atoms with Crippen LogP contribution >= 0.6 is 0 Å². The fraction of sp³-hybridized carbons (Fsp3) is 0.875. The molecule has 1 heterocycles. The van der Waals surface area contributed by atoms with E-state index in [1.54, 1.807) is 0 Å². The fourth-order valence-electron chi connectivity index (χ4n) is 3.59. The van der Waals surface area contributed by atoms with Crippen LogP contribution in [0.4, 0.5) is 0 Å². The molecule has 0 radical (unpaired) electrons. The smallest absolute Gasteiger partial charge is 0.113 e. The molecule has 1 saturated heterocycles. The van der Waals surface area contributed by atoms with Crippen LogP contribution in [0.2, 0.25) is 0 Å². The lowest BCUT2D eigenvalue weighted by molar-refractivity contribution is 0.271. The maximum atomic E-state index is 5.95. The van der Waals surface area contributed by atoms with Gasteiger partial charge in [-0.05, 0) is 31.1 Å². The van der Waals surface area contributed by atoms with Crippen molar-refractivity contribution in [1.29, 1.82) is 0 Å². The summed E-state index contributed by atoms with van der Waals surface area (Å²) in [4.78, 5) is 0. The summed E-state index contributed by atoms with van der Waals surface area (Å²) in [6.07, 6.45) is 13.3. The molecular weight excluding hydrogens is 208 g/mol. The first kappa shape index (κ1) is 13.1. The van der Waals surface area contributed by atoms with Gasteiger partial charge in [0.1, 0.15) is 5.60 Å². The Bertz CT molecular complexity index is 260. The van der Waals surface area contributed by atoms with Crippen molar-refractivity contribution in [2.75, 3.05) is 0 Å². The first-order chi connectivity index (χ1) is 8.16. The van der Waals surface area contributed by atoms with Gasteiger partial charge in [-0.2, -0.15) is 0 Å². The highest BCUT2D eigenvalue weighted by Gasteiger charge is 2.53. The van der Waals surface area contributed by atoms with Gasteiger partial charge >= 0.3 is 0 Å². The zero-order valence-electron chi connectivity index (χ0n) is 11.6. The normalized spacial score (nSPS) is 44.0. The molecule has 0 bridgehead atoms. The second kappa shape index (κ2) is 5.56. The second-order valence-electron chi connectivity index (χ2n) is 6.41. The minimum Gasteiger partial charge on any atom is -0.362 e. The van der Waals surface area contributed by atoms with Crippen LogP contribution in [0, 0.1) is 11.8 Å². The summed E-state index contributed by atoms with van der Waals surface area (Å²) < 4.78 is 5.95. The molecule has 2 fully saturated rings. The van der Waals surface area contributed by atoms with Gasteiger partial charge < -0.3 is 4.74 Å². The average Bonchev–Trinajstić information content (AvgIpc) is 2.95. The molecule has 1 nitrogen and oxygen atoms in total. The summed E-state index contributed by atoms with van der Waals surface area (Å²) >= 11 is 0. The summed E-state index contributed by atoms with van der Waals surface area (Å²) in [7, 11) is 0. The van der Waals surface area contributed by atoms with Crippen molar-refractivity contribution in [3.8, 4) is 0 Å². The first-order valence-corrected chi connectivity index (χ1v) is 7.47. The van der Waals surface area contributed by atoms with Crippen LogP contribution in [-0.2, 0) is 4.74 Å². The van der Waals surface area contributed by atoms with Gasteiger partial charge in [-0.1, -0.05) is 52.0 Å². The van der Waals surface area contributed by atoms with E-state index in [1.807, 2.05) is 0 Å². The molecule has 1 aliphatic heterocycles. The molecule has 1 saturated carbocycles. The van der Waals surface area contributed by atoms with Crippen LogP contribution in [-0.4, -0.2) is 11.7 Å². The van der Waals surface area contributed by atoms with Crippen molar-refractivity contribution in [3.63, 3.8) is 0 Å². The van der Waals surface area contributed by atoms with Crippen LogP contribution in [0.25, 0.3) is 0 Å². The fourth-order valence-corrected chi connectivity index (χ4v) is 3.59. The number of ether oxygens (including phenoxy) is 1. The molecule has 17 heavy (non-hydrogen) atoms. The van der Waals surface area contributed by atoms with E-state index in [4.69, 9.17) is 4.74 Å². The molecule has 4 atom stereocenters. The lowest BCUT2D eigenvalue weighted by atomic mass is 9.84. The van der Waals surface area contributed by atoms with Crippen LogP contribution in [0.1, 0.15) is 65.2 Å². The SMILES string of the molecule is C=CC12CC(C)CC(C)CCCCCCC1O2. The van der Waals surface area contributed by atoms with Crippen LogP contribution in [0.5, 0.6) is 0 Å². The highest BCUT2D eigenvalue weighted by atomic mass is 16.6. The lowest BCUT2D eigenvalue weighted by Crippen LogP contribution is -2.18. The third-order valence-electron chi connectivity index (χ3n) is 4.58. The molecule has 0 aromatic rings. The molecule has 98 valence electrons. The molecule has 0 N–H and O–H groups in total. The van der Waals surface area contributed by atoms with Gasteiger partial charge in [0, 0.05) is 0 Å². The van der Waals surface area contributed by atoms with E-state index in [0.717, 1.165) is 11.8 Å². The predicted octanol–water partition coefficient (Wildman–Crippen LogP) is 4.72. The predicted molar refractivity (Wildman–Crippen MR) is 73.1 cm³/mol. The molecule has 0 aromatic heterocycles. The van der Waals surface area contributed by atoms with Gasteiger partial charge in [0.2, 0.25) is 0 Å². The van der Waals surface area contributed by atoms with Crippen molar-refractivity contribution in [2.24, 2.45) is 11.8 Å². The average molecular weight is 236 g/mol. The van der Waals surface area contributed by atoms with Crippen LogP contribution in [0.3, 0.4) is 0 Å². The van der Waals surface area contributed by atoms with Gasteiger partial charge in [-0.15, -0.1) is 6.58 Å². The van der Waals surface area contributed by atoms with Crippen molar-refractivity contribution in [2.45, 2.75) is 76.9 Å². The zero-order chi connectivity index (χ0) is 12.3. The molecule has 0 spiro atoms.